The van der Waals surface area contributed by atoms with Gasteiger partial charge in [0.15, 0.2) is 0 Å². The Labute approximate surface area is 99.2 Å². The summed E-state index contributed by atoms with van der Waals surface area (Å²) in [6.07, 6.45) is 3.52. The van der Waals surface area contributed by atoms with Gasteiger partial charge in [-0.25, -0.2) is 0 Å². The minimum absolute atomic E-state index is 0.772. The zero-order valence-corrected chi connectivity index (χ0v) is 9.56. The van der Waals surface area contributed by atoms with Crippen molar-refractivity contribution < 1.29 is 0 Å². The van der Waals surface area contributed by atoms with Crippen molar-refractivity contribution in [2.75, 3.05) is 6.54 Å². The van der Waals surface area contributed by atoms with Crippen LogP contribution in [-0.2, 0) is 13.1 Å². The number of halogens is 1. The Morgan fingerprint density at radius 2 is 2.19 bits per heavy atom. The van der Waals surface area contributed by atoms with Crippen molar-refractivity contribution in [1.29, 1.82) is 0 Å². The number of benzene rings is 1. The van der Waals surface area contributed by atoms with Gasteiger partial charge in [0.1, 0.15) is 0 Å². The number of aromatic nitrogens is 3. The summed E-state index contributed by atoms with van der Waals surface area (Å²) >= 11 is 6.04. The molecule has 0 radical (unpaired) electrons. The molecule has 0 amide bonds. The third-order valence-corrected chi connectivity index (χ3v) is 2.63. The van der Waals surface area contributed by atoms with Crippen LogP contribution in [0, 0.1) is 0 Å². The van der Waals surface area contributed by atoms with Crippen LogP contribution in [0.2, 0.25) is 5.02 Å². The Bertz CT molecular complexity index is 427. The molecule has 0 unspecified atom stereocenters. The molecule has 2 rings (SSSR count). The Balaban J connectivity index is 1.74. The van der Waals surface area contributed by atoms with Gasteiger partial charge in [0.2, 0.25) is 0 Å². The average molecular weight is 237 g/mol. The van der Waals surface area contributed by atoms with Gasteiger partial charge in [-0.05, 0) is 11.6 Å². The Kier molecular flexibility index (Phi) is 3.91. The monoisotopic (exact) mass is 236 g/mol. The van der Waals surface area contributed by atoms with Crippen molar-refractivity contribution in [2.45, 2.75) is 13.1 Å². The van der Waals surface area contributed by atoms with Gasteiger partial charge in [-0.15, -0.1) is 5.10 Å². The zero-order valence-electron chi connectivity index (χ0n) is 8.81. The molecule has 0 saturated carbocycles. The molecule has 84 valence electrons. The summed E-state index contributed by atoms with van der Waals surface area (Å²) in [7, 11) is 0. The van der Waals surface area contributed by atoms with Gasteiger partial charge >= 0.3 is 0 Å². The lowest BCUT2D eigenvalue weighted by Crippen LogP contribution is -2.20. The van der Waals surface area contributed by atoms with E-state index in [4.69, 9.17) is 11.6 Å². The molecule has 16 heavy (non-hydrogen) atoms. The van der Waals surface area contributed by atoms with Crippen LogP contribution >= 0.6 is 11.6 Å². The van der Waals surface area contributed by atoms with E-state index in [0.29, 0.717) is 0 Å². The van der Waals surface area contributed by atoms with Crippen LogP contribution in [0.1, 0.15) is 5.56 Å². The molecule has 4 nitrogen and oxygen atoms in total. The minimum atomic E-state index is 0.772. The quantitative estimate of drug-likeness (QED) is 0.804. The highest BCUT2D eigenvalue weighted by atomic mass is 35.5. The van der Waals surface area contributed by atoms with Gasteiger partial charge in [0.05, 0.1) is 12.7 Å². The third-order valence-electron chi connectivity index (χ3n) is 2.26. The van der Waals surface area contributed by atoms with Crippen LogP contribution in [-0.4, -0.2) is 21.5 Å². The fraction of sp³-hybridized carbons (Fsp3) is 0.273. The van der Waals surface area contributed by atoms with E-state index in [-0.39, 0.29) is 0 Å². The first kappa shape index (κ1) is 11.1. The number of nitrogens with zero attached hydrogens (tertiary/aromatic N) is 3. The molecule has 1 N–H and O–H groups in total. The lowest BCUT2D eigenvalue weighted by Gasteiger charge is -2.06. The zero-order chi connectivity index (χ0) is 11.2. The van der Waals surface area contributed by atoms with E-state index in [1.165, 1.54) is 0 Å². The van der Waals surface area contributed by atoms with Crippen LogP contribution < -0.4 is 5.32 Å². The molecule has 0 saturated heterocycles. The summed E-state index contributed by atoms with van der Waals surface area (Å²) in [5.74, 6) is 0. The molecular weight excluding hydrogens is 224 g/mol. The maximum atomic E-state index is 6.04. The SMILES string of the molecule is Clc1ccccc1CNCCn1ccnn1. The van der Waals surface area contributed by atoms with E-state index in [0.717, 1.165) is 30.2 Å². The highest BCUT2D eigenvalue weighted by molar-refractivity contribution is 6.31. The molecule has 1 heterocycles. The number of hydrogen-bond donors (Lipinski definition) is 1. The summed E-state index contributed by atoms with van der Waals surface area (Å²) in [6, 6.07) is 7.84. The molecular formula is C11H13ClN4. The first-order valence-electron chi connectivity index (χ1n) is 5.14. The summed E-state index contributed by atoms with van der Waals surface area (Å²) in [5.41, 5.74) is 1.11. The predicted molar refractivity (Wildman–Crippen MR) is 63.2 cm³/mol. The first-order chi connectivity index (χ1) is 7.86. The molecule has 2 aromatic rings. The van der Waals surface area contributed by atoms with Gasteiger partial charge in [-0.3, -0.25) is 4.68 Å². The fourth-order valence-electron chi connectivity index (χ4n) is 1.41. The molecule has 0 atom stereocenters. The normalized spacial score (nSPS) is 10.6. The summed E-state index contributed by atoms with van der Waals surface area (Å²) in [5, 5.41) is 11.7. The van der Waals surface area contributed by atoms with Crippen LogP contribution in [0.3, 0.4) is 0 Å². The molecule has 0 aliphatic heterocycles. The number of hydrogen-bond acceptors (Lipinski definition) is 3. The van der Waals surface area contributed by atoms with Gasteiger partial charge < -0.3 is 5.32 Å². The van der Waals surface area contributed by atoms with Crippen LogP contribution in [0.15, 0.2) is 36.7 Å². The molecule has 0 aliphatic carbocycles. The van der Waals surface area contributed by atoms with Crippen LogP contribution in [0.5, 0.6) is 0 Å². The molecule has 0 aliphatic rings. The van der Waals surface area contributed by atoms with Gasteiger partial charge in [-0.2, -0.15) is 0 Å². The Morgan fingerprint density at radius 3 is 2.94 bits per heavy atom. The van der Waals surface area contributed by atoms with E-state index >= 15 is 0 Å². The van der Waals surface area contributed by atoms with E-state index in [2.05, 4.69) is 15.6 Å². The molecule has 0 fully saturated rings. The van der Waals surface area contributed by atoms with Crippen molar-refractivity contribution in [3.05, 3.63) is 47.2 Å². The van der Waals surface area contributed by atoms with E-state index in [1.54, 1.807) is 10.9 Å². The molecule has 1 aromatic carbocycles. The van der Waals surface area contributed by atoms with Crippen LogP contribution in [0.25, 0.3) is 0 Å². The first-order valence-corrected chi connectivity index (χ1v) is 5.52. The van der Waals surface area contributed by atoms with Crippen molar-refractivity contribution in [3.63, 3.8) is 0 Å². The van der Waals surface area contributed by atoms with Gasteiger partial charge in [0, 0.05) is 24.3 Å². The highest BCUT2D eigenvalue weighted by Gasteiger charge is 1.97. The Hall–Kier alpha value is -1.39. The van der Waals surface area contributed by atoms with E-state index in [1.807, 2.05) is 30.5 Å². The predicted octanol–water partition coefficient (Wildman–Crippen LogP) is 1.72. The average Bonchev–Trinajstić information content (AvgIpc) is 2.79. The second kappa shape index (κ2) is 5.63. The molecule has 5 heteroatoms. The van der Waals surface area contributed by atoms with Crippen molar-refractivity contribution in [3.8, 4) is 0 Å². The topological polar surface area (TPSA) is 42.7 Å². The largest absolute Gasteiger partial charge is 0.311 e. The summed E-state index contributed by atoms with van der Waals surface area (Å²) < 4.78 is 1.79. The molecule has 1 aromatic heterocycles. The van der Waals surface area contributed by atoms with Gasteiger partial charge in [0.25, 0.3) is 0 Å². The van der Waals surface area contributed by atoms with E-state index < -0.39 is 0 Å². The lowest BCUT2D eigenvalue weighted by atomic mass is 10.2. The van der Waals surface area contributed by atoms with Crippen LogP contribution in [0.4, 0.5) is 0 Å². The lowest BCUT2D eigenvalue weighted by molar-refractivity contribution is 0.540. The summed E-state index contributed by atoms with van der Waals surface area (Å²) in [4.78, 5) is 0. The highest BCUT2D eigenvalue weighted by Crippen LogP contribution is 2.13. The van der Waals surface area contributed by atoms with Gasteiger partial charge in [-0.1, -0.05) is 35.0 Å². The number of nitrogens with one attached hydrogen (secondary N) is 1. The maximum absolute atomic E-state index is 6.04. The third kappa shape index (κ3) is 3.05. The maximum Gasteiger partial charge on any atom is 0.0692 e. The van der Waals surface area contributed by atoms with Crippen molar-refractivity contribution >= 4 is 11.6 Å². The van der Waals surface area contributed by atoms with Crippen molar-refractivity contribution in [2.24, 2.45) is 0 Å². The second-order valence-electron chi connectivity index (χ2n) is 3.43. The molecule has 0 spiro atoms. The second-order valence-corrected chi connectivity index (χ2v) is 3.84. The fourth-order valence-corrected chi connectivity index (χ4v) is 1.61. The Morgan fingerprint density at radius 1 is 1.31 bits per heavy atom. The number of rotatable bonds is 5. The van der Waals surface area contributed by atoms with Crippen molar-refractivity contribution in [1.82, 2.24) is 20.3 Å². The molecule has 0 bridgehead atoms. The van der Waals surface area contributed by atoms with E-state index in [9.17, 15) is 0 Å². The minimum Gasteiger partial charge on any atom is -0.311 e. The standard InChI is InChI=1S/C11H13ClN4/c12-11-4-2-1-3-10(11)9-13-5-7-16-8-6-14-15-16/h1-4,6,8,13H,5,7,9H2. The summed E-state index contributed by atoms with van der Waals surface area (Å²) in [6.45, 7) is 2.42. The smallest absolute Gasteiger partial charge is 0.0692 e.